The van der Waals surface area contributed by atoms with Gasteiger partial charge in [0.05, 0.1) is 16.6 Å². The first kappa shape index (κ1) is 15.8. The molecule has 0 aromatic heterocycles. The number of anilines is 1. The number of nitrogens with one attached hydrogen (secondary N) is 1. The number of thiol groups is 1. The molecule has 0 saturated heterocycles. The predicted octanol–water partition coefficient (Wildman–Crippen LogP) is 4.58. The van der Waals surface area contributed by atoms with Crippen LogP contribution in [0.25, 0.3) is 0 Å². The molecule has 0 radical (unpaired) electrons. The van der Waals surface area contributed by atoms with Crippen LogP contribution in [0.5, 0.6) is 5.75 Å². The number of urea groups is 1. The van der Waals surface area contributed by atoms with Crippen molar-refractivity contribution < 1.29 is 9.90 Å². The Morgan fingerprint density at radius 1 is 1.19 bits per heavy atom. The van der Waals surface area contributed by atoms with Gasteiger partial charge in [-0.25, -0.2) is 4.79 Å². The molecular weight excluding hydrogens is 331 g/mol. The smallest absolute Gasteiger partial charge is 0.331 e. The zero-order valence-corrected chi connectivity index (χ0v) is 13.2. The van der Waals surface area contributed by atoms with Gasteiger partial charge in [-0.1, -0.05) is 66.3 Å². The summed E-state index contributed by atoms with van der Waals surface area (Å²) in [7, 11) is 0. The van der Waals surface area contributed by atoms with E-state index in [9.17, 15) is 9.90 Å². The maximum Gasteiger partial charge on any atom is 0.331 e. The van der Waals surface area contributed by atoms with Gasteiger partial charge in [0.2, 0.25) is 0 Å². The molecule has 21 heavy (non-hydrogen) atoms. The number of phenolic OH excluding ortho intramolecular Hbond substituents is 1. The number of hydrogen-bond acceptors (Lipinski definition) is 3. The Balaban J connectivity index is 2.04. The average molecular weight is 343 g/mol. The van der Waals surface area contributed by atoms with Gasteiger partial charge in [-0.3, -0.25) is 4.31 Å². The quantitative estimate of drug-likeness (QED) is 0.564. The van der Waals surface area contributed by atoms with E-state index in [1.165, 1.54) is 16.4 Å². The van der Waals surface area contributed by atoms with Gasteiger partial charge in [-0.05, 0) is 17.7 Å². The van der Waals surface area contributed by atoms with Crippen LogP contribution in [-0.4, -0.2) is 15.4 Å². The number of nitrogens with zero attached hydrogens (tertiary/aromatic N) is 1. The van der Waals surface area contributed by atoms with Crippen LogP contribution in [0.3, 0.4) is 0 Å². The summed E-state index contributed by atoms with van der Waals surface area (Å²) in [5.74, 6) is -0.219. The maximum absolute atomic E-state index is 12.0. The third-order valence-corrected chi connectivity index (χ3v) is 3.58. The fourth-order valence-corrected chi connectivity index (χ4v) is 2.35. The number of carbonyl (C=O) groups excluding carboxylic acids is 1. The summed E-state index contributed by atoms with van der Waals surface area (Å²) in [6.45, 7) is 0.343. The maximum atomic E-state index is 12.0. The Bertz CT molecular complexity index is 630. The van der Waals surface area contributed by atoms with Crippen molar-refractivity contribution in [3.05, 3.63) is 58.1 Å². The van der Waals surface area contributed by atoms with E-state index in [0.717, 1.165) is 5.56 Å². The van der Waals surface area contributed by atoms with E-state index in [1.807, 2.05) is 30.3 Å². The first-order valence-corrected chi connectivity index (χ1v) is 7.12. The first-order valence-electron chi connectivity index (χ1n) is 5.96. The lowest BCUT2D eigenvalue weighted by Crippen LogP contribution is -2.26. The zero-order valence-electron chi connectivity index (χ0n) is 10.8. The van der Waals surface area contributed by atoms with E-state index >= 15 is 0 Å². The van der Waals surface area contributed by atoms with Crippen molar-refractivity contribution in [3.63, 3.8) is 0 Å². The second-order valence-electron chi connectivity index (χ2n) is 4.26. The van der Waals surface area contributed by atoms with Crippen molar-refractivity contribution in [2.75, 3.05) is 5.32 Å². The van der Waals surface area contributed by atoms with Crippen LogP contribution in [-0.2, 0) is 6.54 Å². The molecular formula is C14H12Cl2N2O2S. The number of phenols is 1. The molecule has 7 heteroatoms. The van der Waals surface area contributed by atoms with Gasteiger partial charge in [-0.15, -0.1) is 0 Å². The first-order chi connectivity index (χ1) is 9.97. The molecule has 0 aliphatic carbocycles. The second kappa shape index (κ2) is 6.93. The molecule has 4 nitrogen and oxygen atoms in total. The fraction of sp³-hybridized carbons (Fsp3) is 0.0714. The van der Waals surface area contributed by atoms with Crippen LogP contribution in [0, 0.1) is 0 Å². The highest BCUT2D eigenvalue weighted by Crippen LogP contribution is 2.34. The number of hydrogen-bond donors (Lipinski definition) is 3. The Morgan fingerprint density at radius 2 is 1.76 bits per heavy atom. The average Bonchev–Trinajstić information content (AvgIpc) is 2.45. The van der Waals surface area contributed by atoms with E-state index in [2.05, 4.69) is 18.1 Å². The van der Waals surface area contributed by atoms with Crippen molar-refractivity contribution in [1.82, 2.24) is 4.31 Å². The molecule has 2 aromatic carbocycles. The molecule has 110 valence electrons. The minimum atomic E-state index is -0.431. The van der Waals surface area contributed by atoms with Gasteiger partial charge in [0.15, 0.2) is 5.75 Å². The number of aromatic hydroxyl groups is 1. The van der Waals surface area contributed by atoms with Crippen LogP contribution < -0.4 is 5.32 Å². The molecule has 2 N–H and O–H groups in total. The van der Waals surface area contributed by atoms with Gasteiger partial charge in [0.1, 0.15) is 0 Å². The number of amides is 2. The van der Waals surface area contributed by atoms with E-state index in [4.69, 9.17) is 23.2 Å². The standard InChI is InChI=1S/C14H12Cl2N2O2S/c15-11-6-10(7-12(16)13(11)19)17-14(20)18(21)8-9-4-2-1-3-5-9/h1-7,19,21H,8H2,(H,17,20). The van der Waals surface area contributed by atoms with E-state index in [-0.39, 0.29) is 15.8 Å². The lowest BCUT2D eigenvalue weighted by molar-refractivity contribution is 0.238. The third kappa shape index (κ3) is 4.20. The molecule has 0 atom stereocenters. The molecule has 0 saturated carbocycles. The van der Waals surface area contributed by atoms with Gasteiger partial charge < -0.3 is 10.4 Å². The predicted molar refractivity (Wildman–Crippen MR) is 88.1 cm³/mol. The minimum absolute atomic E-state index is 0.0616. The Kier molecular flexibility index (Phi) is 5.22. The van der Waals surface area contributed by atoms with Gasteiger partial charge in [0, 0.05) is 5.69 Å². The summed E-state index contributed by atoms with van der Waals surface area (Å²) in [6, 6.07) is 11.8. The summed E-state index contributed by atoms with van der Waals surface area (Å²) in [5.41, 5.74) is 1.32. The van der Waals surface area contributed by atoms with Crippen molar-refractivity contribution in [2.45, 2.75) is 6.54 Å². The molecule has 0 spiro atoms. The van der Waals surface area contributed by atoms with Crippen LogP contribution >= 0.6 is 36.0 Å². The number of rotatable bonds is 3. The Hall–Kier alpha value is -1.56. The lowest BCUT2D eigenvalue weighted by atomic mass is 10.2. The number of benzene rings is 2. The molecule has 0 heterocycles. The highest BCUT2D eigenvalue weighted by atomic mass is 35.5. The molecule has 2 rings (SSSR count). The molecule has 0 aliphatic rings. The summed E-state index contributed by atoms with van der Waals surface area (Å²) >= 11 is 15.7. The minimum Gasteiger partial charge on any atom is -0.505 e. The highest BCUT2D eigenvalue weighted by Gasteiger charge is 2.13. The molecule has 0 unspecified atom stereocenters. The summed E-state index contributed by atoms with van der Waals surface area (Å²) < 4.78 is 1.23. The van der Waals surface area contributed by atoms with E-state index in [1.54, 1.807) is 0 Å². The third-order valence-electron chi connectivity index (χ3n) is 2.68. The van der Waals surface area contributed by atoms with Crippen molar-refractivity contribution >= 4 is 47.7 Å². The molecule has 0 aliphatic heterocycles. The van der Waals surface area contributed by atoms with Crippen molar-refractivity contribution in [1.29, 1.82) is 0 Å². The monoisotopic (exact) mass is 342 g/mol. The SMILES string of the molecule is O=C(Nc1cc(Cl)c(O)c(Cl)c1)N(S)Cc1ccccc1. The summed E-state index contributed by atoms with van der Waals surface area (Å²) in [5, 5.41) is 12.2. The highest BCUT2D eigenvalue weighted by molar-refractivity contribution is 7.78. The van der Waals surface area contributed by atoms with Gasteiger partial charge in [0.25, 0.3) is 0 Å². The van der Waals surface area contributed by atoms with Crippen molar-refractivity contribution in [2.24, 2.45) is 0 Å². The van der Waals surface area contributed by atoms with Crippen LogP contribution in [0.15, 0.2) is 42.5 Å². The van der Waals surface area contributed by atoms with Crippen LogP contribution in [0.2, 0.25) is 10.0 Å². The van der Waals surface area contributed by atoms with Gasteiger partial charge >= 0.3 is 6.03 Å². The number of carbonyl (C=O) groups is 1. The van der Waals surface area contributed by atoms with Crippen LogP contribution in [0.1, 0.15) is 5.56 Å². The molecule has 0 bridgehead atoms. The lowest BCUT2D eigenvalue weighted by Gasteiger charge is -2.17. The van der Waals surface area contributed by atoms with Crippen LogP contribution in [0.4, 0.5) is 10.5 Å². The Labute approximate surface area is 137 Å². The molecule has 2 aromatic rings. The number of halogens is 2. The molecule has 2 amide bonds. The molecule has 0 fully saturated rings. The van der Waals surface area contributed by atoms with E-state index in [0.29, 0.717) is 12.2 Å². The summed E-state index contributed by atoms with van der Waals surface area (Å²) in [4.78, 5) is 12.0. The van der Waals surface area contributed by atoms with E-state index < -0.39 is 6.03 Å². The topological polar surface area (TPSA) is 52.6 Å². The Morgan fingerprint density at radius 3 is 2.33 bits per heavy atom. The zero-order chi connectivity index (χ0) is 15.4. The normalized spacial score (nSPS) is 10.2. The summed E-state index contributed by atoms with van der Waals surface area (Å²) in [6.07, 6.45) is 0. The van der Waals surface area contributed by atoms with Crippen molar-refractivity contribution in [3.8, 4) is 5.75 Å². The van der Waals surface area contributed by atoms with Gasteiger partial charge in [-0.2, -0.15) is 0 Å². The largest absolute Gasteiger partial charge is 0.505 e. The fourth-order valence-electron chi connectivity index (χ4n) is 1.65. The second-order valence-corrected chi connectivity index (χ2v) is 5.56.